The van der Waals surface area contributed by atoms with Crippen LogP contribution in [0.3, 0.4) is 0 Å². The minimum atomic E-state index is -4.84. The van der Waals surface area contributed by atoms with Crippen molar-refractivity contribution in [2.45, 2.75) is 89.5 Å². The number of para-hydroxylation sites is 1. The Morgan fingerprint density at radius 1 is 1.02 bits per heavy atom. The highest BCUT2D eigenvalue weighted by Gasteiger charge is 2.44. The van der Waals surface area contributed by atoms with E-state index in [1.165, 1.54) is 24.3 Å². The van der Waals surface area contributed by atoms with Crippen molar-refractivity contribution in [3.63, 3.8) is 0 Å². The number of hydrogen-bond donors (Lipinski definition) is 1. The number of carboxylic acids is 1. The molecular formula is C34H36F3N3O6. The summed E-state index contributed by atoms with van der Waals surface area (Å²) in [5.74, 6) is 0.495. The number of nitrogens with zero attached hydrogens (tertiary/aromatic N) is 3. The lowest BCUT2D eigenvalue weighted by molar-refractivity contribution is -0.274. The molecule has 0 amide bonds. The van der Waals surface area contributed by atoms with Crippen LogP contribution in [0.25, 0.3) is 22.6 Å². The molecule has 0 aliphatic heterocycles. The van der Waals surface area contributed by atoms with Gasteiger partial charge in [0.15, 0.2) is 0 Å². The van der Waals surface area contributed by atoms with E-state index in [1.807, 2.05) is 0 Å². The van der Waals surface area contributed by atoms with Gasteiger partial charge in [0.1, 0.15) is 17.2 Å². The molecule has 1 N–H and O–H groups in total. The lowest BCUT2D eigenvalue weighted by Crippen LogP contribution is -2.38. The lowest BCUT2D eigenvalue weighted by Gasteiger charge is -2.43. The van der Waals surface area contributed by atoms with Crippen LogP contribution in [0, 0.1) is 5.41 Å². The average molecular weight is 640 g/mol. The average Bonchev–Trinajstić information content (AvgIpc) is 3.58. The van der Waals surface area contributed by atoms with Crippen molar-refractivity contribution in [1.82, 2.24) is 15.3 Å². The van der Waals surface area contributed by atoms with E-state index in [-0.39, 0.29) is 40.2 Å². The Kier molecular flexibility index (Phi) is 8.66. The third kappa shape index (κ3) is 6.81. The molecule has 244 valence electrons. The van der Waals surface area contributed by atoms with Gasteiger partial charge >= 0.3 is 12.3 Å². The van der Waals surface area contributed by atoms with Crippen molar-refractivity contribution in [2.75, 3.05) is 6.61 Å². The molecule has 0 unspecified atom stereocenters. The van der Waals surface area contributed by atoms with Crippen molar-refractivity contribution >= 4 is 5.97 Å². The van der Waals surface area contributed by atoms with Crippen LogP contribution in [-0.4, -0.2) is 39.3 Å². The van der Waals surface area contributed by atoms with Gasteiger partial charge < -0.3 is 23.6 Å². The van der Waals surface area contributed by atoms with Gasteiger partial charge in [0.25, 0.3) is 0 Å². The summed E-state index contributed by atoms with van der Waals surface area (Å²) >= 11 is 0. The first-order valence-corrected chi connectivity index (χ1v) is 15.6. The topological polar surface area (TPSA) is 121 Å². The van der Waals surface area contributed by atoms with E-state index in [1.54, 1.807) is 24.3 Å². The summed E-state index contributed by atoms with van der Waals surface area (Å²) in [5, 5.41) is 17.5. The Balaban J connectivity index is 1.15. The Morgan fingerprint density at radius 3 is 2.39 bits per heavy atom. The zero-order chi connectivity index (χ0) is 32.5. The Morgan fingerprint density at radius 2 is 1.74 bits per heavy atom. The standard InChI is InChI=1S/C34H36F3N3O6/c1-3-14-33(17-15-32(2,16-18-33)31-38-29(40-46-31)22-10-12-23(13-11-22)30(41)42)20-43-19-25-27(39-45-28(25)21-8-9-21)24-6-4-5-7-26(24)44-34(35,36)37/h4-7,10-13,21H,3,8-9,14-20H2,1-2H3,(H,41,42). The van der Waals surface area contributed by atoms with Crippen LogP contribution >= 0.6 is 0 Å². The second kappa shape index (κ2) is 12.5. The van der Waals surface area contributed by atoms with Crippen molar-refractivity contribution in [1.29, 1.82) is 0 Å². The van der Waals surface area contributed by atoms with E-state index < -0.39 is 12.3 Å². The summed E-state index contributed by atoms with van der Waals surface area (Å²) < 4.78 is 61.6. The molecule has 2 aliphatic carbocycles. The van der Waals surface area contributed by atoms with Gasteiger partial charge in [-0.15, -0.1) is 13.2 Å². The van der Waals surface area contributed by atoms with Crippen molar-refractivity contribution < 1.29 is 41.6 Å². The maximum absolute atomic E-state index is 13.2. The molecule has 2 heterocycles. The Bertz CT molecular complexity index is 1670. The second-order valence-electron chi connectivity index (χ2n) is 12.8. The quantitative estimate of drug-likeness (QED) is 0.162. The molecule has 6 rings (SSSR count). The molecule has 0 bridgehead atoms. The number of aromatic carboxylic acids is 1. The van der Waals surface area contributed by atoms with Crippen LogP contribution < -0.4 is 4.74 Å². The van der Waals surface area contributed by atoms with Crippen LogP contribution in [0.5, 0.6) is 5.75 Å². The Labute approximate surface area is 264 Å². The molecule has 4 aromatic rings. The molecule has 2 aromatic carbocycles. The van der Waals surface area contributed by atoms with Crippen LogP contribution in [0.1, 0.15) is 98.7 Å². The molecule has 9 nitrogen and oxygen atoms in total. The lowest BCUT2D eigenvalue weighted by atomic mass is 9.63. The number of aromatic nitrogens is 3. The van der Waals surface area contributed by atoms with Gasteiger partial charge in [-0.3, -0.25) is 0 Å². The highest BCUT2D eigenvalue weighted by Crippen LogP contribution is 2.50. The number of hydrogen-bond acceptors (Lipinski definition) is 8. The number of carboxylic acid groups (broad SMARTS) is 1. The van der Waals surface area contributed by atoms with Gasteiger partial charge in [0, 0.05) is 28.0 Å². The fourth-order valence-electron chi connectivity index (χ4n) is 6.48. The minimum Gasteiger partial charge on any atom is -0.478 e. The van der Waals surface area contributed by atoms with Gasteiger partial charge in [-0.25, -0.2) is 4.79 Å². The van der Waals surface area contributed by atoms with Crippen LogP contribution in [0.4, 0.5) is 13.2 Å². The normalized spacial score (nSPS) is 21.8. The predicted octanol–water partition coefficient (Wildman–Crippen LogP) is 8.70. The SMILES string of the molecule is CCCC1(COCc2c(-c3ccccc3OC(F)(F)F)noc2C2CC2)CCC(C)(c2nc(-c3ccc(C(=O)O)cc3)no2)CC1. The molecule has 46 heavy (non-hydrogen) atoms. The summed E-state index contributed by atoms with van der Waals surface area (Å²) in [6.45, 7) is 4.93. The van der Waals surface area contributed by atoms with E-state index in [0.29, 0.717) is 40.9 Å². The zero-order valence-corrected chi connectivity index (χ0v) is 25.7. The number of halogens is 3. The number of alkyl halides is 3. The van der Waals surface area contributed by atoms with Gasteiger partial charge in [-0.1, -0.05) is 54.8 Å². The molecule has 2 fully saturated rings. The maximum Gasteiger partial charge on any atom is 0.573 e. The van der Waals surface area contributed by atoms with E-state index in [0.717, 1.165) is 51.4 Å². The van der Waals surface area contributed by atoms with E-state index in [9.17, 15) is 23.1 Å². The predicted molar refractivity (Wildman–Crippen MR) is 160 cm³/mol. The fraction of sp³-hybridized carbons (Fsp3) is 0.471. The molecule has 2 aliphatic rings. The molecule has 0 radical (unpaired) electrons. The van der Waals surface area contributed by atoms with Gasteiger partial charge in [0.05, 0.1) is 18.8 Å². The number of rotatable bonds is 12. The first-order chi connectivity index (χ1) is 22.0. The third-order valence-corrected chi connectivity index (χ3v) is 9.32. The van der Waals surface area contributed by atoms with Crippen LogP contribution in [0.2, 0.25) is 0 Å². The monoisotopic (exact) mass is 639 g/mol. The number of carbonyl (C=O) groups is 1. The van der Waals surface area contributed by atoms with Crippen LogP contribution in [-0.2, 0) is 16.8 Å². The van der Waals surface area contributed by atoms with E-state index >= 15 is 0 Å². The molecule has 0 saturated heterocycles. The molecule has 12 heteroatoms. The summed E-state index contributed by atoms with van der Waals surface area (Å²) in [5.41, 5.74) is 1.65. The van der Waals surface area contributed by atoms with Crippen molar-refractivity contribution in [2.24, 2.45) is 5.41 Å². The number of ether oxygens (including phenoxy) is 2. The highest BCUT2D eigenvalue weighted by molar-refractivity contribution is 5.88. The maximum atomic E-state index is 13.2. The first kappa shape index (κ1) is 31.8. The first-order valence-electron chi connectivity index (χ1n) is 15.6. The second-order valence-corrected chi connectivity index (χ2v) is 12.8. The van der Waals surface area contributed by atoms with Gasteiger partial charge in [0.2, 0.25) is 11.7 Å². The van der Waals surface area contributed by atoms with Gasteiger partial charge in [-0.05, 0) is 74.6 Å². The van der Waals surface area contributed by atoms with Crippen molar-refractivity contribution in [3.05, 3.63) is 71.3 Å². The minimum absolute atomic E-state index is 0.0852. The largest absolute Gasteiger partial charge is 0.573 e. The highest BCUT2D eigenvalue weighted by atomic mass is 19.4. The molecule has 0 atom stereocenters. The summed E-state index contributed by atoms with van der Waals surface area (Å²) in [4.78, 5) is 15.9. The zero-order valence-electron chi connectivity index (χ0n) is 25.7. The van der Waals surface area contributed by atoms with E-state index in [2.05, 4.69) is 33.9 Å². The molecule has 2 aromatic heterocycles. The summed E-state index contributed by atoms with van der Waals surface area (Å²) in [6, 6.07) is 12.3. The van der Waals surface area contributed by atoms with Crippen LogP contribution in [0.15, 0.2) is 57.6 Å². The fourth-order valence-corrected chi connectivity index (χ4v) is 6.48. The summed E-state index contributed by atoms with van der Waals surface area (Å²) in [7, 11) is 0. The smallest absolute Gasteiger partial charge is 0.478 e. The van der Waals surface area contributed by atoms with E-state index in [4.69, 9.17) is 13.8 Å². The molecule has 2 saturated carbocycles. The number of benzene rings is 2. The molecule has 0 spiro atoms. The molecular weight excluding hydrogens is 603 g/mol. The van der Waals surface area contributed by atoms with Gasteiger partial charge in [-0.2, -0.15) is 4.98 Å². The summed E-state index contributed by atoms with van der Waals surface area (Å²) in [6.07, 6.45) is 2.33. The third-order valence-electron chi connectivity index (χ3n) is 9.32. The van der Waals surface area contributed by atoms with Crippen molar-refractivity contribution in [3.8, 4) is 28.4 Å². The Hall–Kier alpha value is -4.19.